The Hall–Kier alpha value is -3.68. The Morgan fingerprint density at radius 3 is 2.76 bits per heavy atom. The van der Waals surface area contributed by atoms with E-state index in [1.54, 1.807) is 47.1 Å². The topological polar surface area (TPSA) is 94.4 Å². The van der Waals surface area contributed by atoms with Crippen LogP contribution in [0.5, 0.6) is 0 Å². The molecule has 124 valence electrons. The number of nitrogens with one attached hydrogen (secondary N) is 1. The van der Waals surface area contributed by atoms with E-state index in [1.807, 2.05) is 12.1 Å². The molecule has 0 aliphatic heterocycles. The molecule has 0 aliphatic rings. The summed E-state index contributed by atoms with van der Waals surface area (Å²) in [7, 11) is 0. The largest absolute Gasteiger partial charge is 0.454 e. The first-order valence-corrected chi connectivity index (χ1v) is 7.56. The summed E-state index contributed by atoms with van der Waals surface area (Å²) in [6.45, 7) is 0.251. The zero-order valence-electron chi connectivity index (χ0n) is 13.0. The zero-order valence-corrected chi connectivity index (χ0v) is 13.0. The minimum Gasteiger partial charge on any atom is -0.454 e. The highest BCUT2D eigenvalue weighted by Gasteiger charge is 2.15. The van der Waals surface area contributed by atoms with Gasteiger partial charge in [-0.3, -0.25) is 19.3 Å². The Labute approximate surface area is 141 Å². The van der Waals surface area contributed by atoms with Crippen LogP contribution in [0.4, 0.5) is 5.95 Å². The Balaban J connectivity index is 1.53. The molecule has 4 aromatic rings. The zero-order chi connectivity index (χ0) is 17.2. The van der Waals surface area contributed by atoms with Crippen LogP contribution in [0.15, 0.2) is 70.1 Å². The highest BCUT2D eigenvalue weighted by molar-refractivity contribution is 6.01. The fraction of sp³-hybridized carbons (Fsp3) is 0.0588. The van der Waals surface area contributed by atoms with Gasteiger partial charge in [-0.15, -0.1) is 10.2 Å². The second kappa shape index (κ2) is 6.08. The van der Waals surface area contributed by atoms with Crippen molar-refractivity contribution >= 4 is 17.5 Å². The molecule has 8 nitrogen and oxygen atoms in total. The van der Waals surface area contributed by atoms with E-state index in [4.69, 9.17) is 4.42 Å². The molecule has 1 amide bonds. The summed E-state index contributed by atoms with van der Waals surface area (Å²) in [4.78, 5) is 24.1. The Bertz CT molecular complexity index is 1110. The molecular formula is C17H13N5O3. The van der Waals surface area contributed by atoms with E-state index in [2.05, 4.69) is 15.5 Å². The number of carbonyl (C=O) groups excluding carboxylic acids is 1. The van der Waals surface area contributed by atoms with Crippen molar-refractivity contribution in [3.8, 4) is 0 Å². The van der Waals surface area contributed by atoms with Gasteiger partial charge in [0, 0.05) is 18.5 Å². The summed E-state index contributed by atoms with van der Waals surface area (Å²) in [6.07, 6.45) is 3.41. The first-order valence-electron chi connectivity index (χ1n) is 7.56. The number of anilines is 1. The summed E-state index contributed by atoms with van der Waals surface area (Å²) < 4.78 is 8.69. The molecule has 0 aromatic carbocycles. The van der Waals surface area contributed by atoms with Gasteiger partial charge in [-0.2, -0.15) is 0 Å². The number of furan rings is 1. The number of rotatable bonds is 4. The lowest BCUT2D eigenvalue weighted by molar-refractivity contribution is 0.0993. The second-order valence-corrected chi connectivity index (χ2v) is 5.34. The van der Waals surface area contributed by atoms with E-state index < -0.39 is 5.91 Å². The maximum atomic E-state index is 12.3. The van der Waals surface area contributed by atoms with Gasteiger partial charge in [-0.25, -0.2) is 0 Å². The molecule has 0 atom stereocenters. The van der Waals surface area contributed by atoms with Crippen LogP contribution in [0.3, 0.4) is 0 Å². The fourth-order valence-electron chi connectivity index (χ4n) is 2.43. The van der Waals surface area contributed by atoms with Crippen molar-refractivity contribution in [2.75, 3.05) is 5.32 Å². The molecule has 4 rings (SSSR count). The highest BCUT2D eigenvalue weighted by Crippen LogP contribution is 2.13. The molecule has 0 bridgehead atoms. The van der Waals surface area contributed by atoms with Gasteiger partial charge in [0.2, 0.25) is 5.95 Å². The van der Waals surface area contributed by atoms with Crippen molar-refractivity contribution in [3.05, 3.63) is 82.8 Å². The molecule has 4 heterocycles. The summed E-state index contributed by atoms with van der Waals surface area (Å²) in [5, 5.41) is 10.6. The number of carbonyl (C=O) groups is 1. The molecule has 0 saturated carbocycles. The SMILES string of the molecule is O=C(Nc1nnc2ccccn12)c1ccc(Cn2ccccc2=O)o1. The molecule has 0 spiro atoms. The number of pyridine rings is 2. The average Bonchev–Trinajstić information content (AvgIpc) is 3.25. The number of aromatic nitrogens is 4. The molecule has 0 radical (unpaired) electrons. The monoisotopic (exact) mass is 335 g/mol. The van der Waals surface area contributed by atoms with Gasteiger partial charge in [0.25, 0.3) is 11.5 Å². The smallest absolute Gasteiger partial charge is 0.293 e. The number of hydrogen-bond donors (Lipinski definition) is 1. The van der Waals surface area contributed by atoms with E-state index in [0.29, 0.717) is 17.4 Å². The van der Waals surface area contributed by atoms with Gasteiger partial charge in [0.05, 0.1) is 6.54 Å². The summed E-state index contributed by atoms with van der Waals surface area (Å²) >= 11 is 0. The quantitative estimate of drug-likeness (QED) is 0.613. The maximum absolute atomic E-state index is 12.3. The predicted molar refractivity (Wildman–Crippen MR) is 89.5 cm³/mol. The average molecular weight is 335 g/mol. The number of hydrogen-bond acceptors (Lipinski definition) is 5. The molecule has 4 aromatic heterocycles. The first-order chi connectivity index (χ1) is 12.2. The molecule has 0 saturated heterocycles. The van der Waals surface area contributed by atoms with Crippen LogP contribution in [0.25, 0.3) is 5.65 Å². The van der Waals surface area contributed by atoms with Crippen molar-refractivity contribution in [2.24, 2.45) is 0 Å². The van der Waals surface area contributed by atoms with Gasteiger partial charge < -0.3 is 8.98 Å². The Morgan fingerprint density at radius 2 is 1.88 bits per heavy atom. The number of amides is 1. The first kappa shape index (κ1) is 14.9. The van der Waals surface area contributed by atoms with E-state index in [1.165, 1.54) is 10.6 Å². The van der Waals surface area contributed by atoms with Crippen LogP contribution in [0.2, 0.25) is 0 Å². The van der Waals surface area contributed by atoms with Gasteiger partial charge in [0.1, 0.15) is 5.76 Å². The van der Waals surface area contributed by atoms with E-state index in [-0.39, 0.29) is 17.9 Å². The third kappa shape index (κ3) is 2.92. The fourth-order valence-corrected chi connectivity index (χ4v) is 2.43. The summed E-state index contributed by atoms with van der Waals surface area (Å²) in [6, 6.07) is 13.5. The van der Waals surface area contributed by atoms with Crippen LogP contribution in [-0.2, 0) is 6.54 Å². The van der Waals surface area contributed by atoms with Crippen molar-refractivity contribution in [1.82, 2.24) is 19.2 Å². The van der Waals surface area contributed by atoms with E-state index >= 15 is 0 Å². The van der Waals surface area contributed by atoms with E-state index in [9.17, 15) is 9.59 Å². The molecule has 1 N–H and O–H groups in total. The van der Waals surface area contributed by atoms with Crippen LogP contribution in [0, 0.1) is 0 Å². The molecule has 0 fully saturated rings. The van der Waals surface area contributed by atoms with Gasteiger partial charge in [-0.05, 0) is 30.3 Å². The van der Waals surface area contributed by atoms with Crippen LogP contribution in [-0.4, -0.2) is 25.1 Å². The normalized spacial score (nSPS) is 10.9. The molecule has 0 aliphatic carbocycles. The molecule has 0 unspecified atom stereocenters. The van der Waals surface area contributed by atoms with Crippen molar-refractivity contribution < 1.29 is 9.21 Å². The van der Waals surface area contributed by atoms with Crippen LogP contribution in [0.1, 0.15) is 16.3 Å². The minimum atomic E-state index is -0.440. The molecule has 25 heavy (non-hydrogen) atoms. The standard InChI is InChI=1S/C17H13N5O3/c23-15-6-2-3-9-21(15)11-12-7-8-13(25-12)16(24)18-17-20-19-14-5-1-4-10-22(14)17/h1-10H,11H2,(H,18,20,24). The van der Waals surface area contributed by atoms with Crippen LogP contribution >= 0.6 is 0 Å². The highest BCUT2D eigenvalue weighted by atomic mass is 16.4. The Morgan fingerprint density at radius 1 is 1.04 bits per heavy atom. The van der Waals surface area contributed by atoms with Gasteiger partial charge in [-0.1, -0.05) is 12.1 Å². The minimum absolute atomic E-state index is 0.131. The lowest BCUT2D eigenvalue weighted by atomic mass is 10.4. The van der Waals surface area contributed by atoms with Crippen LogP contribution < -0.4 is 10.9 Å². The summed E-state index contributed by atoms with van der Waals surface area (Å²) in [5.41, 5.74) is 0.487. The maximum Gasteiger partial charge on any atom is 0.293 e. The van der Waals surface area contributed by atoms with E-state index in [0.717, 1.165) is 0 Å². The van der Waals surface area contributed by atoms with Crippen molar-refractivity contribution in [1.29, 1.82) is 0 Å². The van der Waals surface area contributed by atoms with Crippen molar-refractivity contribution in [3.63, 3.8) is 0 Å². The summed E-state index contributed by atoms with van der Waals surface area (Å²) in [5.74, 6) is 0.499. The van der Waals surface area contributed by atoms with Gasteiger partial charge >= 0.3 is 0 Å². The molecule has 8 heteroatoms. The second-order valence-electron chi connectivity index (χ2n) is 5.34. The molecular weight excluding hydrogens is 322 g/mol. The lowest BCUT2D eigenvalue weighted by Crippen LogP contribution is -2.18. The third-order valence-corrected chi connectivity index (χ3v) is 3.65. The lowest BCUT2D eigenvalue weighted by Gasteiger charge is -2.02. The number of nitrogens with zero attached hydrogens (tertiary/aromatic N) is 4. The third-order valence-electron chi connectivity index (χ3n) is 3.65. The predicted octanol–water partition coefficient (Wildman–Crippen LogP) is 1.78. The number of fused-ring (bicyclic) bond motifs is 1. The van der Waals surface area contributed by atoms with Gasteiger partial charge in [0.15, 0.2) is 11.4 Å². The van der Waals surface area contributed by atoms with Crippen molar-refractivity contribution in [2.45, 2.75) is 6.54 Å². The Kier molecular flexibility index (Phi) is 3.62.